The van der Waals surface area contributed by atoms with E-state index in [4.69, 9.17) is 0 Å². The molecule has 0 saturated carbocycles. The van der Waals surface area contributed by atoms with Crippen LogP contribution in [0.3, 0.4) is 0 Å². The lowest BCUT2D eigenvalue weighted by molar-refractivity contribution is 0.314. The molecule has 0 aromatic carbocycles. The van der Waals surface area contributed by atoms with E-state index in [0.29, 0.717) is 0 Å². The fourth-order valence-corrected chi connectivity index (χ4v) is 3.22. The molecule has 0 N–H and O–H groups in total. The lowest BCUT2D eigenvalue weighted by Crippen LogP contribution is -2.35. The molecule has 0 aliphatic heterocycles. The van der Waals surface area contributed by atoms with Gasteiger partial charge in [0, 0.05) is 42.3 Å². The highest BCUT2D eigenvalue weighted by molar-refractivity contribution is 7.80. The first-order valence-corrected chi connectivity index (χ1v) is 8.23. The minimum atomic E-state index is -4.41. The van der Waals surface area contributed by atoms with Crippen LogP contribution in [-0.4, -0.2) is 83.0 Å². The Morgan fingerprint density at radius 2 is 1.12 bits per heavy atom. The zero-order valence-corrected chi connectivity index (χ0v) is 13.5. The van der Waals surface area contributed by atoms with E-state index in [2.05, 4.69) is 67.1 Å². The van der Waals surface area contributed by atoms with Crippen molar-refractivity contribution in [3.8, 4) is 0 Å². The molecule has 0 aromatic heterocycles. The van der Waals surface area contributed by atoms with Crippen LogP contribution >= 0.6 is 7.71 Å². The number of hydrogen-bond donors (Lipinski definition) is 0. The first-order chi connectivity index (χ1) is 7.39. The van der Waals surface area contributed by atoms with Crippen molar-refractivity contribution >= 4 is 18.1 Å². The van der Waals surface area contributed by atoms with Gasteiger partial charge in [0.15, 0.2) is 0 Å². The molecule has 9 heteroatoms. The van der Waals surface area contributed by atoms with Crippen LogP contribution in [-0.2, 0) is 14.6 Å². The summed E-state index contributed by atoms with van der Waals surface area (Å²) in [5.41, 5.74) is 0. The number of nitrogens with zero attached hydrogens (tertiary/aromatic N) is 3. The van der Waals surface area contributed by atoms with Crippen LogP contribution in [0.1, 0.15) is 0 Å². The molecule has 0 radical (unpaired) electrons. The van der Waals surface area contributed by atoms with Crippen molar-refractivity contribution in [1.29, 1.82) is 0 Å². The third-order valence-corrected chi connectivity index (χ3v) is 7.43. The molecule has 0 fully saturated rings. The monoisotopic (exact) mass is 289 g/mol. The third-order valence-electron chi connectivity index (χ3n) is 2.48. The van der Waals surface area contributed by atoms with Gasteiger partial charge >= 0.3 is 0 Å². The summed E-state index contributed by atoms with van der Waals surface area (Å²) in [6, 6.07) is 0. The van der Waals surface area contributed by atoms with Gasteiger partial charge in [0.1, 0.15) is 0 Å². The summed E-state index contributed by atoms with van der Waals surface area (Å²) in [5.74, 6) is 0. The summed E-state index contributed by atoms with van der Waals surface area (Å²) < 4.78 is 37.9. The maximum Gasteiger partial charge on any atom is 0.222 e. The fourth-order valence-electron chi connectivity index (χ4n) is 1.07. The second kappa shape index (κ2) is 7.58. The van der Waals surface area contributed by atoms with Crippen molar-refractivity contribution in [2.45, 2.75) is 0 Å². The molecular formula is C8H24N3O4PS. The minimum Gasteiger partial charge on any atom is -0.726 e. The zero-order valence-electron chi connectivity index (χ0n) is 11.8. The Morgan fingerprint density at radius 3 is 1.12 bits per heavy atom. The summed E-state index contributed by atoms with van der Waals surface area (Å²) in [5, 5.41) is 0. The summed E-state index contributed by atoms with van der Waals surface area (Å²) >= 11 is 0. The molecule has 0 spiro atoms. The molecule has 0 unspecified atom stereocenters. The van der Waals surface area contributed by atoms with Gasteiger partial charge in [-0.3, -0.25) is 4.18 Å². The first kappa shape index (κ1) is 19.5. The van der Waals surface area contributed by atoms with Gasteiger partial charge in [-0.05, 0) is 0 Å². The molecule has 0 heterocycles. The first-order valence-electron chi connectivity index (χ1n) is 4.81. The molecule has 0 aliphatic carbocycles. The highest BCUT2D eigenvalue weighted by Gasteiger charge is 2.41. The molecule has 0 saturated heterocycles. The van der Waals surface area contributed by atoms with Gasteiger partial charge in [-0.15, -0.1) is 0 Å². The van der Waals surface area contributed by atoms with Crippen molar-refractivity contribution in [2.75, 3.05) is 56.1 Å². The predicted octanol–water partition coefficient (Wildman–Crippen LogP) is 0.157. The van der Waals surface area contributed by atoms with E-state index in [-0.39, 0.29) is 0 Å². The van der Waals surface area contributed by atoms with Gasteiger partial charge in [-0.1, -0.05) is 0 Å². The third kappa shape index (κ3) is 7.25. The van der Waals surface area contributed by atoms with Crippen molar-refractivity contribution in [3.63, 3.8) is 0 Å². The largest absolute Gasteiger partial charge is 0.726 e. The standard InChI is InChI=1S/C7H21N3P.CH4O4S/c1-8(2)11(7,9(3)4)10(5)6;1-5-6(2,3)4/h1-7H3;1H3,(H,2,3,4)/q+1;/p-1. The Bertz CT molecular complexity index is 284. The Morgan fingerprint density at radius 1 is 0.941 bits per heavy atom. The lowest BCUT2D eigenvalue weighted by atomic mass is 11.2. The minimum absolute atomic E-state index is 0.808. The molecule has 106 valence electrons. The average molecular weight is 289 g/mol. The Kier molecular flexibility index (Phi) is 8.70. The van der Waals surface area contributed by atoms with Crippen molar-refractivity contribution in [2.24, 2.45) is 0 Å². The van der Waals surface area contributed by atoms with Gasteiger partial charge in [0.05, 0.1) is 13.8 Å². The molecule has 17 heavy (non-hydrogen) atoms. The average Bonchev–Trinajstić information content (AvgIpc) is 2.15. The van der Waals surface area contributed by atoms with Gasteiger partial charge in [0.25, 0.3) is 0 Å². The molecular weight excluding hydrogens is 265 g/mol. The second-order valence-electron chi connectivity index (χ2n) is 3.98. The Balaban J connectivity index is 0. The van der Waals surface area contributed by atoms with Crippen LogP contribution in [0.5, 0.6) is 0 Å². The topological polar surface area (TPSA) is 76.2 Å². The van der Waals surface area contributed by atoms with Gasteiger partial charge in [0.2, 0.25) is 18.1 Å². The zero-order chi connectivity index (χ0) is 14.4. The van der Waals surface area contributed by atoms with Gasteiger partial charge < -0.3 is 4.55 Å². The number of hydrogen-bond acceptors (Lipinski definition) is 7. The molecule has 0 aliphatic rings. The maximum absolute atomic E-state index is 9.22. The van der Waals surface area contributed by atoms with E-state index in [9.17, 15) is 13.0 Å². The van der Waals surface area contributed by atoms with Crippen LogP contribution in [0.15, 0.2) is 0 Å². The fraction of sp³-hybridized carbons (Fsp3) is 1.00. The lowest BCUT2D eigenvalue weighted by Gasteiger charge is -2.36. The van der Waals surface area contributed by atoms with Crippen LogP contribution < -0.4 is 0 Å². The van der Waals surface area contributed by atoms with Gasteiger partial charge in [-0.2, -0.15) is 14.0 Å². The van der Waals surface area contributed by atoms with Gasteiger partial charge in [-0.25, -0.2) is 8.42 Å². The number of rotatable bonds is 4. The summed E-state index contributed by atoms with van der Waals surface area (Å²) in [4.78, 5) is 0. The molecule has 7 nitrogen and oxygen atoms in total. The van der Waals surface area contributed by atoms with E-state index >= 15 is 0 Å². The Labute approximate surface area is 106 Å². The van der Waals surface area contributed by atoms with E-state index in [0.717, 1.165) is 7.11 Å². The smallest absolute Gasteiger partial charge is 0.222 e. The molecule has 0 amide bonds. The molecule has 0 aromatic rings. The quantitative estimate of drug-likeness (QED) is 0.414. The second-order valence-corrected chi connectivity index (χ2v) is 9.27. The molecule has 0 atom stereocenters. The van der Waals surface area contributed by atoms with E-state index in [1.165, 1.54) is 0 Å². The molecule has 0 bridgehead atoms. The van der Waals surface area contributed by atoms with Crippen LogP contribution in [0.4, 0.5) is 0 Å². The van der Waals surface area contributed by atoms with Crippen LogP contribution in [0, 0.1) is 0 Å². The summed E-state index contributed by atoms with van der Waals surface area (Å²) in [7, 11) is 8.01. The maximum atomic E-state index is 9.22. The van der Waals surface area contributed by atoms with E-state index in [1.54, 1.807) is 0 Å². The predicted molar refractivity (Wildman–Crippen MR) is 70.6 cm³/mol. The molecule has 0 rings (SSSR count). The SMILES string of the molecule is CN(C)[P+](C)(N(C)C)N(C)C.COS(=O)(=O)[O-]. The summed E-state index contributed by atoms with van der Waals surface area (Å²) in [6.45, 7) is 2.30. The van der Waals surface area contributed by atoms with Crippen LogP contribution in [0.25, 0.3) is 0 Å². The van der Waals surface area contributed by atoms with Crippen LogP contribution in [0.2, 0.25) is 0 Å². The van der Waals surface area contributed by atoms with E-state index < -0.39 is 18.1 Å². The highest BCUT2D eigenvalue weighted by atomic mass is 32.3. The van der Waals surface area contributed by atoms with Crippen molar-refractivity contribution < 1.29 is 17.2 Å². The van der Waals surface area contributed by atoms with E-state index in [1.807, 2.05) is 0 Å². The Hall–Kier alpha value is 0.180. The summed E-state index contributed by atoms with van der Waals surface area (Å²) in [6.07, 6.45) is 0. The highest BCUT2D eigenvalue weighted by Crippen LogP contribution is 2.59. The van der Waals surface area contributed by atoms with Crippen molar-refractivity contribution in [3.05, 3.63) is 0 Å². The normalized spacial score (nSPS) is 12.9. The van der Waals surface area contributed by atoms with Crippen molar-refractivity contribution in [1.82, 2.24) is 14.0 Å².